The lowest BCUT2D eigenvalue weighted by Crippen LogP contribution is -2.33. The molecular formula is C53H36N6. The van der Waals surface area contributed by atoms with Crippen molar-refractivity contribution in [2.75, 3.05) is 0 Å². The van der Waals surface area contributed by atoms with Gasteiger partial charge in [0, 0.05) is 45.5 Å². The summed E-state index contributed by atoms with van der Waals surface area (Å²) in [5.41, 5.74) is 11.5. The summed E-state index contributed by atoms with van der Waals surface area (Å²) in [7, 11) is 0. The van der Waals surface area contributed by atoms with Gasteiger partial charge in [0.25, 0.3) is 0 Å². The van der Waals surface area contributed by atoms with Gasteiger partial charge in [-0.05, 0) is 62.9 Å². The second-order valence-electron chi connectivity index (χ2n) is 14.7. The van der Waals surface area contributed by atoms with E-state index in [1.165, 1.54) is 10.9 Å². The van der Waals surface area contributed by atoms with Gasteiger partial charge >= 0.3 is 0 Å². The van der Waals surface area contributed by atoms with Crippen molar-refractivity contribution in [1.82, 2.24) is 19.9 Å². The molecule has 0 bridgehead atoms. The molecule has 1 aliphatic rings. The molecule has 59 heavy (non-hydrogen) atoms. The first-order valence-corrected chi connectivity index (χ1v) is 19.8. The molecule has 1 aliphatic heterocycles. The van der Waals surface area contributed by atoms with Gasteiger partial charge in [-0.25, -0.2) is 15.0 Å². The van der Waals surface area contributed by atoms with E-state index >= 15 is 0 Å². The number of imidazole rings is 1. The zero-order valence-corrected chi connectivity index (χ0v) is 31.9. The lowest BCUT2D eigenvalue weighted by molar-refractivity contribution is 0.674. The number of benzene rings is 8. The van der Waals surface area contributed by atoms with Crippen molar-refractivity contribution in [3.8, 4) is 39.3 Å². The van der Waals surface area contributed by atoms with Crippen LogP contribution in [-0.2, 0) is 0 Å². The van der Waals surface area contributed by atoms with Crippen LogP contribution in [0.5, 0.6) is 0 Å². The third kappa shape index (κ3) is 6.24. The Bertz CT molecular complexity index is 3220. The molecule has 0 radical (unpaired) electrons. The molecule has 2 aromatic heterocycles. The van der Waals surface area contributed by atoms with E-state index in [-0.39, 0.29) is 6.17 Å². The Morgan fingerprint density at radius 1 is 0.458 bits per heavy atom. The molecule has 0 fully saturated rings. The zero-order chi connectivity index (χ0) is 39.1. The molecule has 10 aromatic rings. The second-order valence-corrected chi connectivity index (χ2v) is 14.7. The normalized spacial score (nSPS) is 13.9. The van der Waals surface area contributed by atoms with Crippen LogP contribution < -0.4 is 5.32 Å². The van der Waals surface area contributed by atoms with Crippen LogP contribution in [0.4, 0.5) is 0 Å². The molecule has 0 amide bonds. The highest BCUT2D eigenvalue weighted by Crippen LogP contribution is 2.39. The van der Waals surface area contributed by atoms with Gasteiger partial charge in [-0.15, -0.1) is 0 Å². The molecule has 3 heterocycles. The molecule has 0 spiro atoms. The Morgan fingerprint density at radius 2 is 1.05 bits per heavy atom. The van der Waals surface area contributed by atoms with E-state index in [0.717, 1.165) is 83.5 Å². The topological polar surface area (TPSA) is 67.5 Å². The average molecular weight is 757 g/mol. The van der Waals surface area contributed by atoms with E-state index in [1.54, 1.807) is 0 Å². The van der Waals surface area contributed by atoms with Crippen molar-refractivity contribution >= 4 is 44.2 Å². The van der Waals surface area contributed by atoms with E-state index in [4.69, 9.17) is 15.0 Å². The molecular weight excluding hydrogens is 721 g/mol. The number of nitrogens with zero attached hydrogens (tertiary/aromatic N) is 5. The first kappa shape index (κ1) is 34.3. The van der Waals surface area contributed by atoms with Crippen LogP contribution in [0.3, 0.4) is 0 Å². The first-order valence-electron chi connectivity index (χ1n) is 19.8. The second kappa shape index (κ2) is 14.5. The maximum atomic E-state index is 5.39. The minimum absolute atomic E-state index is 0.300. The maximum Gasteiger partial charge on any atom is 0.159 e. The number of rotatable bonds is 7. The fourth-order valence-corrected chi connectivity index (χ4v) is 8.28. The highest BCUT2D eigenvalue weighted by Gasteiger charge is 2.23. The monoisotopic (exact) mass is 756 g/mol. The standard InChI is InChI=1S/C53H36N6/c1-4-14-35(15-5-1)36-26-28-38(29-27-36)51-56-50(37-16-6-2-7-17-37)57-52(58-51)42-22-12-20-40(32-42)41-21-13-23-43(33-41)59-49-46-25-11-10-24-44(46)45-30-31-54-34-47(45)48(49)55-53(59)39-18-8-3-9-19-39/h1-34,50H,(H,56,57,58). The zero-order valence-electron chi connectivity index (χ0n) is 31.9. The molecule has 6 heteroatoms. The van der Waals surface area contributed by atoms with Crippen molar-refractivity contribution in [2.24, 2.45) is 9.98 Å². The average Bonchev–Trinajstić information content (AvgIpc) is 3.74. The summed E-state index contributed by atoms with van der Waals surface area (Å²) in [6, 6.07) is 67.8. The summed E-state index contributed by atoms with van der Waals surface area (Å²) in [5.74, 6) is 2.34. The lowest BCUT2D eigenvalue weighted by atomic mass is 10.00. The number of pyridine rings is 1. The molecule has 0 saturated carbocycles. The predicted octanol–water partition coefficient (Wildman–Crippen LogP) is 12.2. The molecule has 11 rings (SSSR count). The highest BCUT2D eigenvalue weighted by molar-refractivity contribution is 6.24. The van der Waals surface area contributed by atoms with Crippen LogP contribution in [0, 0.1) is 0 Å². The third-order valence-electron chi connectivity index (χ3n) is 11.1. The Hall–Kier alpha value is -7.96. The number of amidine groups is 2. The fourth-order valence-electron chi connectivity index (χ4n) is 8.28. The van der Waals surface area contributed by atoms with E-state index in [0.29, 0.717) is 5.84 Å². The SMILES string of the molecule is c1ccc(-c2ccc(C3=NC(c4ccccc4)NC(c4cccc(-c5cccc(-n6c(-c7ccccc7)nc7c8cnccc8c8ccccc8c76)c5)c4)=N3)cc2)cc1. The van der Waals surface area contributed by atoms with E-state index in [2.05, 4.69) is 191 Å². The van der Waals surface area contributed by atoms with Gasteiger partial charge in [0.05, 0.1) is 11.0 Å². The maximum absolute atomic E-state index is 5.39. The fraction of sp³-hybridized carbons (Fsp3) is 0.0189. The van der Waals surface area contributed by atoms with Crippen molar-refractivity contribution in [1.29, 1.82) is 0 Å². The smallest absolute Gasteiger partial charge is 0.159 e. The quantitative estimate of drug-likeness (QED) is 0.165. The van der Waals surface area contributed by atoms with Gasteiger partial charge in [0.15, 0.2) is 5.84 Å². The first-order chi connectivity index (χ1) is 29.2. The number of hydrogen-bond donors (Lipinski definition) is 1. The third-order valence-corrected chi connectivity index (χ3v) is 11.1. The van der Waals surface area contributed by atoms with Gasteiger partial charge in [-0.3, -0.25) is 9.55 Å². The Labute approximate surface area is 341 Å². The predicted molar refractivity (Wildman–Crippen MR) is 242 cm³/mol. The minimum atomic E-state index is -0.300. The molecule has 1 atom stereocenters. The van der Waals surface area contributed by atoms with Crippen molar-refractivity contribution < 1.29 is 0 Å². The molecule has 0 aliphatic carbocycles. The number of nitrogens with one attached hydrogen (secondary N) is 1. The number of aromatic nitrogens is 3. The van der Waals surface area contributed by atoms with Crippen molar-refractivity contribution in [3.63, 3.8) is 0 Å². The summed E-state index contributed by atoms with van der Waals surface area (Å²) >= 11 is 0. The lowest BCUT2D eigenvalue weighted by Gasteiger charge is -2.24. The van der Waals surface area contributed by atoms with Crippen LogP contribution in [0.15, 0.2) is 217 Å². The van der Waals surface area contributed by atoms with Crippen LogP contribution in [0.2, 0.25) is 0 Å². The molecule has 8 aromatic carbocycles. The van der Waals surface area contributed by atoms with Gasteiger partial charge in [0.1, 0.15) is 17.8 Å². The van der Waals surface area contributed by atoms with Gasteiger partial charge in [-0.2, -0.15) is 0 Å². The van der Waals surface area contributed by atoms with Gasteiger partial charge < -0.3 is 5.32 Å². The van der Waals surface area contributed by atoms with Crippen molar-refractivity contribution in [2.45, 2.75) is 6.17 Å². The van der Waals surface area contributed by atoms with E-state index in [1.807, 2.05) is 30.6 Å². The summed E-state index contributed by atoms with van der Waals surface area (Å²) in [6.45, 7) is 0. The molecule has 0 saturated heterocycles. The summed E-state index contributed by atoms with van der Waals surface area (Å²) in [6.07, 6.45) is 3.50. The highest BCUT2D eigenvalue weighted by atomic mass is 15.2. The summed E-state index contributed by atoms with van der Waals surface area (Å²) < 4.78 is 2.32. The molecule has 1 unspecified atom stereocenters. The number of fused-ring (bicyclic) bond motifs is 6. The van der Waals surface area contributed by atoms with Crippen LogP contribution in [0.25, 0.3) is 71.9 Å². The van der Waals surface area contributed by atoms with Crippen LogP contribution in [0.1, 0.15) is 22.9 Å². The summed E-state index contributed by atoms with van der Waals surface area (Å²) in [4.78, 5) is 20.2. The number of hydrogen-bond acceptors (Lipinski definition) is 5. The Balaban J connectivity index is 1.02. The summed E-state index contributed by atoms with van der Waals surface area (Å²) in [5, 5.41) is 8.15. The van der Waals surface area contributed by atoms with E-state index < -0.39 is 0 Å². The van der Waals surface area contributed by atoms with Crippen LogP contribution >= 0.6 is 0 Å². The van der Waals surface area contributed by atoms with Gasteiger partial charge in [-0.1, -0.05) is 170 Å². The minimum Gasteiger partial charge on any atom is -0.344 e. The molecule has 6 nitrogen and oxygen atoms in total. The van der Waals surface area contributed by atoms with E-state index in [9.17, 15) is 0 Å². The Kier molecular flexibility index (Phi) is 8.44. The molecule has 278 valence electrons. The number of aliphatic imine (C=N–C) groups is 2. The van der Waals surface area contributed by atoms with Crippen LogP contribution in [-0.4, -0.2) is 26.2 Å². The molecule has 1 N–H and O–H groups in total. The largest absolute Gasteiger partial charge is 0.344 e. The Morgan fingerprint density at radius 3 is 1.83 bits per heavy atom. The van der Waals surface area contributed by atoms with Crippen molar-refractivity contribution in [3.05, 3.63) is 223 Å². The van der Waals surface area contributed by atoms with Gasteiger partial charge in [0.2, 0.25) is 0 Å².